The first-order chi connectivity index (χ1) is 19.8. The number of nitrogens with zero attached hydrogens (tertiary/aromatic N) is 7. The van der Waals surface area contributed by atoms with Crippen molar-refractivity contribution in [3.8, 4) is 0 Å². The van der Waals surface area contributed by atoms with Gasteiger partial charge in [-0.2, -0.15) is 18.3 Å². The maximum Gasteiger partial charge on any atom is 0.417 e. The Hall–Kier alpha value is -4.44. The number of alkyl halides is 3. The molecule has 4 rings (SSSR count). The van der Waals surface area contributed by atoms with Crippen molar-refractivity contribution in [3.05, 3.63) is 66.3 Å². The normalized spacial score (nSPS) is 12.0. The molecule has 0 spiro atoms. The molecule has 4 aromatic heterocycles. The zero-order valence-corrected chi connectivity index (χ0v) is 24.2. The Bertz CT molecular complexity index is 1540. The topological polar surface area (TPSA) is 154 Å². The average molecular weight is 602 g/mol. The fraction of sp³-hybridized carbons (Fsp3) is 0.346. The molecule has 0 unspecified atom stereocenters. The Morgan fingerprint density at radius 1 is 1.05 bits per heavy atom. The van der Waals surface area contributed by atoms with Crippen LogP contribution in [0.1, 0.15) is 17.1 Å². The van der Waals surface area contributed by atoms with Crippen LogP contribution in [0, 0.1) is 0 Å². The molecule has 2 amide bonds. The minimum Gasteiger partial charge on any atom is -0.383 e. The molecular weight excluding hydrogens is 571 g/mol. The van der Waals surface area contributed by atoms with Gasteiger partial charge in [-0.25, -0.2) is 19.6 Å². The van der Waals surface area contributed by atoms with E-state index in [0.29, 0.717) is 23.7 Å². The maximum absolute atomic E-state index is 13.4. The summed E-state index contributed by atoms with van der Waals surface area (Å²) in [5.41, 5.74) is 5.80. The van der Waals surface area contributed by atoms with Crippen LogP contribution >= 0.6 is 0 Å². The molecule has 222 valence electrons. The van der Waals surface area contributed by atoms with E-state index in [-0.39, 0.29) is 42.8 Å². The lowest BCUT2D eigenvalue weighted by Gasteiger charge is -2.21. The SMILES string of the molecule is C[Si](C)(C)CCOCn1ncc2c(N)ncc(NC(=O)C(=O)N(Cc3ccc(C(F)(F)F)cn3)Cc3ncccn3)c21. The number of ether oxygens (including phenoxy) is 1. The van der Waals surface area contributed by atoms with Gasteiger partial charge in [0, 0.05) is 33.3 Å². The second-order valence-electron chi connectivity index (χ2n) is 10.6. The number of carbonyl (C=O) groups is 2. The summed E-state index contributed by atoms with van der Waals surface area (Å²) in [5, 5.41) is 7.33. The summed E-state index contributed by atoms with van der Waals surface area (Å²) in [4.78, 5) is 43.8. The van der Waals surface area contributed by atoms with E-state index in [4.69, 9.17) is 10.5 Å². The Morgan fingerprint density at radius 3 is 2.43 bits per heavy atom. The third-order valence-electron chi connectivity index (χ3n) is 6.10. The third-order valence-corrected chi connectivity index (χ3v) is 7.80. The maximum atomic E-state index is 13.4. The van der Waals surface area contributed by atoms with Crippen molar-refractivity contribution in [3.63, 3.8) is 0 Å². The highest BCUT2D eigenvalue weighted by Crippen LogP contribution is 2.29. The number of halogens is 3. The molecular formula is C26H30F3N9O3Si. The molecule has 0 fully saturated rings. The first kappa shape index (κ1) is 30.5. The number of carbonyl (C=O) groups excluding carboxylic acids is 2. The predicted molar refractivity (Wildman–Crippen MR) is 150 cm³/mol. The molecule has 0 radical (unpaired) electrons. The quantitative estimate of drug-likeness (QED) is 0.157. The van der Waals surface area contributed by atoms with E-state index in [9.17, 15) is 22.8 Å². The molecule has 42 heavy (non-hydrogen) atoms. The molecule has 0 aliphatic rings. The molecule has 0 aliphatic heterocycles. The highest BCUT2D eigenvalue weighted by molar-refractivity contribution is 6.76. The van der Waals surface area contributed by atoms with Gasteiger partial charge in [0.15, 0.2) is 0 Å². The monoisotopic (exact) mass is 601 g/mol. The summed E-state index contributed by atoms with van der Waals surface area (Å²) in [6.45, 7) is 6.85. The van der Waals surface area contributed by atoms with Gasteiger partial charge in [0.1, 0.15) is 18.4 Å². The molecule has 0 aliphatic carbocycles. The summed E-state index contributed by atoms with van der Waals surface area (Å²) >= 11 is 0. The van der Waals surface area contributed by atoms with Crippen LogP contribution in [-0.4, -0.2) is 61.1 Å². The number of nitrogen functional groups attached to an aromatic ring is 1. The average Bonchev–Trinajstić information content (AvgIpc) is 3.37. The second-order valence-corrected chi connectivity index (χ2v) is 16.2. The van der Waals surface area contributed by atoms with Crippen LogP contribution < -0.4 is 11.1 Å². The molecule has 3 N–H and O–H groups in total. The van der Waals surface area contributed by atoms with Crippen molar-refractivity contribution in [2.45, 2.75) is 51.7 Å². The highest BCUT2D eigenvalue weighted by Gasteiger charge is 2.31. The zero-order valence-electron chi connectivity index (χ0n) is 23.2. The summed E-state index contributed by atoms with van der Waals surface area (Å²) in [6, 6.07) is 4.52. The van der Waals surface area contributed by atoms with Crippen LogP contribution in [0.5, 0.6) is 0 Å². The molecule has 0 bridgehead atoms. The lowest BCUT2D eigenvalue weighted by molar-refractivity contribution is -0.144. The number of aromatic nitrogens is 6. The molecule has 0 atom stereocenters. The molecule has 4 aromatic rings. The zero-order chi connectivity index (χ0) is 30.5. The van der Waals surface area contributed by atoms with Gasteiger partial charge >= 0.3 is 18.0 Å². The summed E-state index contributed by atoms with van der Waals surface area (Å²) in [6.07, 6.45) is 1.83. The first-order valence-corrected chi connectivity index (χ1v) is 16.6. The van der Waals surface area contributed by atoms with Gasteiger partial charge in [0.25, 0.3) is 0 Å². The first-order valence-electron chi connectivity index (χ1n) is 12.9. The van der Waals surface area contributed by atoms with Gasteiger partial charge < -0.3 is 20.7 Å². The van der Waals surface area contributed by atoms with E-state index in [0.717, 1.165) is 23.1 Å². The molecule has 0 saturated heterocycles. The van der Waals surface area contributed by atoms with Crippen LogP contribution in [0.2, 0.25) is 25.7 Å². The standard InChI is InChI=1S/C26H30F3N9O3Si/c1-42(2,3)10-9-41-16-38-22-19(12-35-38)23(30)34-13-20(22)36-24(39)25(40)37(15-21-31-7-4-8-32-21)14-18-6-5-17(11-33-18)26(27,28)29/h4-8,11-13H,9-10,14-16H2,1-3H3,(H2,30,34)(H,36,39). The smallest absolute Gasteiger partial charge is 0.383 e. The number of hydrogen-bond acceptors (Lipinski definition) is 9. The molecule has 12 nitrogen and oxygen atoms in total. The minimum absolute atomic E-state index is 0.0886. The lowest BCUT2D eigenvalue weighted by Crippen LogP contribution is -2.39. The minimum atomic E-state index is -4.57. The van der Waals surface area contributed by atoms with Crippen LogP contribution in [0.15, 0.2) is 49.2 Å². The van der Waals surface area contributed by atoms with E-state index < -0.39 is 31.6 Å². The Labute approximate surface area is 240 Å². The largest absolute Gasteiger partial charge is 0.417 e. The summed E-state index contributed by atoms with van der Waals surface area (Å²) < 4.78 is 46.3. The number of hydrogen-bond donors (Lipinski definition) is 2. The molecule has 16 heteroatoms. The summed E-state index contributed by atoms with van der Waals surface area (Å²) in [7, 11) is -1.31. The van der Waals surface area contributed by atoms with Crippen molar-refractivity contribution in [1.29, 1.82) is 0 Å². The fourth-order valence-corrected chi connectivity index (χ4v) is 4.58. The number of nitrogens with one attached hydrogen (secondary N) is 1. The van der Waals surface area contributed by atoms with Crippen LogP contribution in [-0.2, 0) is 40.3 Å². The van der Waals surface area contributed by atoms with E-state index in [1.54, 1.807) is 6.07 Å². The number of nitrogens with two attached hydrogens (primary N) is 1. The highest BCUT2D eigenvalue weighted by atomic mass is 28.3. The number of pyridine rings is 2. The van der Waals surface area contributed by atoms with Crippen molar-refractivity contribution in [1.82, 2.24) is 34.6 Å². The number of rotatable bonds is 10. The van der Waals surface area contributed by atoms with Gasteiger partial charge in [0.05, 0.1) is 53.3 Å². The van der Waals surface area contributed by atoms with Crippen LogP contribution in [0.3, 0.4) is 0 Å². The van der Waals surface area contributed by atoms with Crippen molar-refractivity contribution in [2.24, 2.45) is 0 Å². The summed E-state index contributed by atoms with van der Waals surface area (Å²) in [5.74, 6) is -1.63. The fourth-order valence-electron chi connectivity index (χ4n) is 3.82. The Balaban J connectivity index is 1.55. The number of anilines is 2. The van der Waals surface area contributed by atoms with E-state index in [1.807, 2.05) is 0 Å². The van der Waals surface area contributed by atoms with Crippen molar-refractivity contribution < 1.29 is 27.5 Å². The molecule has 0 saturated carbocycles. The van der Waals surface area contributed by atoms with Gasteiger partial charge in [-0.1, -0.05) is 19.6 Å². The Kier molecular flexibility index (Phi) is 9.16. The number of fused-ring (bicyclic) bond motifs is 1. The molecule has 0 aromatic carbocycles. The van der Waals surface area contributed by atoms with Crippen LogP contribution in [0.4, 0.5) is 24.7 Å². The van der Waals surface area contributed by atoms with Crippen molar-refractivity contribution >= 4 is 42.3 Å². The predicted octanol–water partition coefficient (Wildman–Crippen LogP) is 3.70. The van der Waals surface area contributed by atoms with Crippen molar-refractivity contribution in [2.75, 3.05) is 17.7 Å². The van der Waals surface area contributed by atoms with E-state index >= 15 is 0 Å². The van der Waals surface area contributed by atoms with Gasteiger partial charge in [0.2, 0.25) is 0 Å². The molecule has 4 heterocycles. The third kappa shape index (κ3) is 7.85. The van der Waals surface area contributed by atoms with E-state index in [1.165, 1.54) is 29.5 Å². The van der Waals surface area contributed by atoms with Gasteiger partial charge in [-0.15, -0.1) is 0 Å². The van der Waals surface area contributed by atoms with Gasteiger partial charge in [-0.3, -0.25) is 14.6 Å². The van der Waals surface area contributed by atoms with E-state index in [2.05, 4.69) is 50.0 Å². The lowest BCUT2D eigenvalue weighted by atomic mass is 10.2. The Morgan fingerprint density at radius 2 is 1.79 bits per heavy atom. The van der Waals surface area contributed by atoms with Gasteiger partial charge in [-0.05, 0) is 24.2 Å². The number of amides is 2. The van der Waals surface area contributed by atoms with Crippen LogP contribution in [0.25, 0.3) is 10.9 Å². The second kappa shape index (κ2) is 12.6.